The molecule has 1 aliphatic carbocycles. The normalized spacial score (nSPS) is 17.0. The predicted molar refractivity (Wildman–Crippen MR) is 55.9 cm³/mol. The highest BCUT2D eigenvalue weighted by atomic mass is 15.1. The molecule has 1 aromatic carbocycles. The minimum atomic E-state index is 0.190. The molecule has 1 aliphatic rings. The van der Waals surface area contributed by atoms with Gasteiger partial charge in [-0.2, -0.15) is 5.10 Å². The summed E-state index contributed by atoms with van der Waals surface area (Å²) < 4.78 is 7.43. The van der Waals surface area contributed by atoms with Gasteiger partial charge in [-0.1, -0.05) is 0 Å². The molecule has 70 valence electrons. The first-order chi connectivity index (χ1) is 7.24. The van der Waals surface area contributed by atoms with Gasteiger partial charge in [0.25, 0.3) is 0 Å². The summed E-state index contributed by atoms with van der Waals surface area (Å²) in [6.07, 6.45) is 2.68. The molecule has 0 spiro atoms. The lowest BCUT2D eigenvalue weighted by Gasteiger charge is -2.03. The molecule has 2 aromatic rings. The van der Waals surface area contributed by atoms with E-state index in [-0.39, 0.29) is 6.17 Å². The van der Waals surface area contributed by atoms with Crippen LogP contribution < -0.4 is 5.73 Å². The maximum atomic E-state index is 7.43. The standard InChI is InChI=1S/C11H11N3/c12-10-6-9(7-1-2-7)5-8-3-4-13-14-11(8)10/h3-7H,1-2,12H2/i4D. The molecule has 0 radical (unpaired) electrons. The highest BCUT2D eigenvalue weighted by Crippen LogP contribution is 2.41. The Kier molecular flexibility index (Phi) is 1.29. The van der Waals surface area contributed by atoms with Gasteiger partial charge in [0, 0.05) is 5.39 Å². The van der Waals surface area contributed by atoms with Gasteiger partial charge in [-0.3, -0.25) is 0 Å². The van der Waals surface area contributed by atoms with E-state index in [1.54, 1.807) is 6.07 Å². The van der Waals surface area contributed by atoms with Gasteiger partial charge in [0.05, 0.1) is 13.2 Å². The molecule has 1 fully saturated rings. The van der Waals surface area contributed by atoms with Crippen LogP contribution in [0.2, 0.25) is 0 Å². The fourth-order valence-electron chi connectivity index (χ4n) is 1.76. The first-order valence-electron chi connectivity index (χ1n) is 5.27. The van der Waals surface area contributed by atoms with Crippen LogP contribution in [0.3, 0.4) is 0 Å². The van der Waals surface area contributed by atoms with Crippen molar-refractivity contribution in [3.05, 3.63) is 29.9 Å². The Hall–Kier alpha value is -1.64. The first-order valence-corrected chi connectivity index (χ1v) is 4.77. The van der Waals surface area contributed by atoms with E-state index in [1.807, 2.05) is 6.07 Å². The van der Waals surface area contributed by atoms with E-state index in [9.17, 15) is 0 Å². The van der Waals surface area contributed by atoms with Crippen LogP contribution in [0.1, 0.15) is 25.7 Å². The second-order valence-electron chi connectivity index (χ2n) is 3.80. The minimum absolute atomic E-state index is 0.190. The lowest BCUT2D eigenvalue weighted by molar-refractivity contribution is 1.07. The average molecular weight is 186 g/mol. The Labute approximate surface area is 83.4 Å². The Balaban J connectivity index is 2.27. The summed E-state index contributed by atoms with van der Waals surface area (Å²) in [5.41, 5.74) is 8.55. The fraction of sp³-hybridized carbons (Fsp3) is 0.273. The quantitative estimate of drug-likeness (QED) is 0.694. The van der Waals surface area contributed by atoms with Crippen LogP contribution in [0.15, 0.2) is 24.4 Å². The fourth-order valence-corrected chi connectivity index (χ4v) is 1.76. The van der Waals surface area contributed by atoms with E-state index in [0.717, 1.165) is 5.39 Å². The van der Waals surface area contributed by atoms with Gasteiger partial charge >= 0.3 is 0 Å². The molecular weight excluding hydrogens is 174 g/mol. The highest BCUT2D eigenvalue weighted by molar-refractivity contribution is 5.89. The van der Waals surface area contributed by atoms with Crippen molar-refractivity contribution in [1.82, 2.24) is 10.2 Å². The Morgan fingerprint density at radius 3 is 3.07 bits per heavy atom. The first kappa shape index (κ1) is 6.76. The molecule has 0 amide bonds. The number of fused-ring (bicyclic) bond motifs is 1. The molecule has 14 heavy (non-hydrogen) atoms. The van der Waals surface area contributed by atoms with E-state index in [1.165, 1.54) is 18.4 Å². The third-order valence-corrected chi connectivity index (χ3v) is 2.67. The summed E-state index contributed by atoms with van der Waals surface area (Å²) in [6.45, 7) is 0. The molecular formula is C11H11N3. The van der Waals surface area contributed by atoms with E-state index < -0.39 is 0 Å². The lowest BCUT2D eigenvalue weighted by Crippen LogP contribution is -1.93. The van der Waals surface area contributed by atoms with Gasteiger partial charge in [0.15, 0.2) is 0 Å². The van der Waals surface area contributed by atoms with Gasteiger partial charge in [-0.05, 0) is 42.5 Å². The van der Waals surface area contributed by atoms with Crippen molar-refractivity contribution in [1.29, 1.82) is 0 Å². The second kappa shape index (κ2) is 2.67. The van der Waals surface area contributed by atoms with Gasteiger partial charge < -0.3 is 5.73 Å². The van der Waals surface area contributed by atoms with Gasteiger partial charge in [0.2, 0.25) is 0 Å². The summed E-state index contributed by atoms with van der Waals surface area (Å²) >= 11 is 0. The zero-order chi connectivity index (χ0) is 10.4. The van der Waals surface area contributed by atoms with Crippen LogP contribution in [-0.4, -0.2) is 10.2 Å². The van der Waals surface area contributed by atoms with Crippen molar-refractivity contribution < 1.29 is 1.37 Å². The summed E-state index contributed by atoms with van der Waals surface area (Å²) in [5, 5.41) is 8.56. The van der Waals surface area contributed by atoms with Crippen LogP contribution >= 0.6 is 0 Å². The molecule has 0 bridgehead atoms. The topological polar surface area (TPSA) is 51.8 Å². The van der Waals surface area contributed by atoms with Crippen LogP contribution in [0.5, 0.6) is 0 Å². The number of rotatable bonds is 1. The smallest absolute Gasteiger partial charge is 0.116 e. The van der Waals surface area contributed by atoms with Crippen molar-refractivity contribution >= 4 is 16.6 Å². The molecule has 0 unspecified atom stereocenters. The van der Waals surface area contributed by atoms with Crippen molar-refractivity contribution in [2.45, 2.75) is 18.8 Å². The van der Waals surface area contributed by atoms with E-state index in [4.69, 9.17) is 7.10 Å². The van der Waals surface area contributed by atoms with E-state index in [2.05, 4.69) is 16.3 Å². The number of aromatic nitrogens is 2. The second-order valence-corrected chi connectivity index (χ2v) is 3.80. The van der Waals surface area contributed by atoms with Crippen LogP contribution in [0.4, 0.5) is 5.69 Å². The minimum Gasteiger partial charge on any atom is -0.397 e. The SMILES string of the molecule is [2H]c1cc2cc(C3CC3)cc(N)c2nn1. The molecule has 0 saturated heterocycles. The monoisotopic (exact) mass is 186 g/mol. The van der Waals surface area contributed by atoms with Crippen LogP contribution in [0.25, 0.3) is 10.9 Å². The van der Waals surface area contributed by atoms with Crippen molar-refractivity contribution in [3.8, 4) is 0 Å². The average Bonchev–Trinajstić information content (AvgIpc) is 2.99. The molecule has 3 heteroatoms. The molecule has 3 rings (SSSR count). The number of nitrogen functional groups attached to an aromatic ring is 1. The third-order valence-electron chi connectivity index (χ3n) is 2.67. The number of nitrogens with zero attached hydrogens (tertiary/aromatic N) is 2. The summed E-state index contributed by atoms with van der Waals surface area (Å²) in [5.74, 6) is 0.666. The predicted octanol–water partition coefficient (Wildman–Crippen LogP) is 2.09. The van der Waals surface area contributed by atoms with Crippen molar-refractivity contribution in [2.75, 3.05) is 5.73 Å². The number of hydrogen-bond acceptors (Lipinski definition) is 3. The lowest BCUT2D eigenvalue weighted by atomic mass is 10.1. The van der Waals surface area contributed by atoms with Gasteiger partial charge in [-0.25, -0.2) is 0 Å². The Morgan fingerprint density at radius 1 is 1.43 bits per heavy atom. The molecule has 2 N–H and O–H groups in total. The number of anilines is 1. The summed E-state index contributed by atoms with van der Waals surface area (Å²) in [4.78, 5) is 0. The molecule has 1 aromatic heterocycles. The van der Waals surface area contributed by atoms with Gasteiger partial charge in [0.1, 0.15) is 5.52 Å². The maximum Gasteiger partial charge on any atom is 0.116 e. The highest BCUT2D eigenvalue weighted by Gasteiger charge is 2.24. The Bertz CT molecular complexity index is 535. The summed E-state index contributed by atoms with van der Waals surface area (Å²) in [6, 6.07) is 5.78. The largest absolute Gasteiger partial charge is 0.397 e. The zero-order valence-corrected chi connectivity index (χ0v) is 7.70. The van der Waals surface area contributed by atoms with Crippen LogP contribution in [0, 0.1) is 0 Å². The third kappa shape index (κ3) is 1.13. The van der Waals surface area contributed by atoms with Gasteiger partial charge in [-0.15, -0.1) is 5.10 Å². The van der Waals surface area contributed by atoms with Crippen LogP contribution in [-0.2, 0) is 0 Å². The van der Waals surface area contributed by atoms with Crippen molar-refractivity contribution in [3.63, 3.8) is 0 Å². The Morgan fingerprint density at radius 2 is 2.29 bits per heavy atom. The molecule has 1 heterocycles. The van der Waals surface area contributed by atoms with E-state index in [0.29, 0.717) is 17.1 Å². The molecule has 0 aliphatic heterocycles. The van der Waals surface area contributed by atoms with E-state index >= 15 is 0 Å². The molecule has 0 atom stereocenters. The molecule has 1 saturated carbocycles. The zero-order valence-electron chi connectivity index (χ0n) is 8.70. The number of hydrogen-bond donors (Lipinski definition) is 1. The molecule has 3 nitrogen and oxygen atoms in total. The number of benzene rings is 1. The summed E-state index contributed by atoms with van der Waals surface area (Å²) in [7, 11) is 0. The maximum absolute atomic E-state index is 7.43. The number of nitrogens with two attached hydrogens (primary N) is 1. The van der Waals surface area contributed by atoms with Crippen molar-refractivity contribution in [2.24, 2.45) is 0 Å².